The van der Waals surface area contributed by atoms with Crippen LogP contribution in [0.3, 0.4) is 0 Å². The number of benzene rings is 1. The minimum Gasteiger partial charge on any atom is -0.393 e. The van der Waals surface area contributed by atoms with Crippen LogP contribution in [0, 0.1) is 0 Å². The normalized spacial score (nSPS) is 18.5. The Kier molecular flexibility index (Phi) is 6.86. The molecule has 0 bridgehead atoms. The molecule has 128 valence electrons. The standard InChI is InChI=1S/C18H29N3O2/c1-3-20-9-11-21(12-10-20)18(23)19-14-17(13-15(2)22)16-7-5-4-6-8-16/h4-8,15,17,22H,3,9-14H2,1-2H3,(H,19,23). The molecule has 2 atom stereocenters. The average Bonchev–Trinajstić information content (AvgIpc) is 2.59. The summed E-state index contributed by atoms with van der Waals surface area (Å²) in [5, 5.41) is 12.8. The number of hydrogen-bond acceptors (Lipinski definition) is 3. The van der Waals surface area contributed by atoms with E-state index in [2.05, 4.69) is 29.3 Å². The van der Waals surface area contributed by atoms with E-state index in [4.69, 9.17) is 0 Å². The van der Waals surface area contributed by atoms with Crippen molar-refractivity contribution in [1.82, 2.24) is 15.1 Å². The molecule has 0 radical (unpaired) electrons. The number of amides is 2. The number of aliphatic hydroxyl groups is 1. The third-order valence-corrected chi connectivity index (χ3v) is 4.50. The first-order valence-electron chi connectivity index (χ1n) is 8.58. The number of hydrogen-bond donors (Lipinski definition) is 2. The molecule has 1 aromatic carbocycles. The van der Waals surface area contributed by atoms with Crippen molar-refractivity contribution >= 4 is 6.03 Å². The van der Waals surface area contributed by atoms with Gasteiger partial charge in [0.15, 0.2) is 0 Å². The van der Waals surface area contributed by atoms with Crippen LogP contribution in [0.15, 0.2) is 30.3 Å². The molecule has 0 aliphatic carbocycles. The lowest BCUT2D eigenvalue weighted by molar-refractivity contribution is 0.141. The molecule has 2 amide bonds. The van der Waals surface area contributed by atoms with E-state index in [9.17, 15) is 9.90 Å². The second-order valence-corrected chi connectivity index (χ2v) is 6.30. The fraction of sp³-hybridized carbons (Fsp3) is 0.611. The highest BCUT2D eigenvalue weighted by Crippen LogP contribution is 2.20. The number of aliphatic hydroxyl groups excluding tert-OH is 1. The Balaban J connectivity index is 1.87. The first-order valence-corrected chi connectivity index (χ1v) is 8.58. The van der Waals surface area contributed by atoms with Crippen LogP contribution in [-0.4, -0.2) is 66.3 Å². The predicted molar refractivity (Wildman–Crippen MR) is 92.6 cm³/mol. The highest BCUT2D eigenvalue weighted by atomic mass is 16.3. The average molecular weight is 319 g/mol. The van der Waals surface area contributed by atoms with E-state index in [-0.39, 0.29) is 18.1 Å². The number of piperazine rings is 1. The van der Waals surface area contributed by atoms with Crippen molar-refractivity contribution in [1.29, 1.82) is 0 Å². The maximum Gasteiger partial charge on any atom is 0.317 e. The fourth-order valence-corrected chi connectivity index (χ4v) is 3.06. The van der Waals surface area contributed by atoms with E-state index in [1.54, 1.807) is 6.92 Å². The van der Waals surface area contributed by atoms with Gasteiger partial charge in [0.1, 0.15) is 0 Å². The summed E-state index contributed by atoms with van der Waals surface area (Å²) >= 11 is 0. The molecule has 1 saturated heterocycles. The Bertz CT molecular complexity index is 470. The molecule has 23 heavy (non-hydrogen) atoms. The van der Waals surface area contributed by atoms with Crippen molar-refractivity contribution in [3.8, 4) is 0 Å². The minimum absolute atomic E-state index is 0.00674. The maximum absolute atomic E-state index is 12.3. The summed E-state index contributed by atoms with van der Waals surface area (Å²) in [4.78, 5) is 16.6. The van der Waals surface area contributed by atoms with E-state index in [1.807, 2.05) is 23.1 Å². The van der Waals surface area contributed by atoms with Crippen LogP contribution in [0.1, 0.15) is 31.7 Å². The van der Waals surface area contributed by atoms with Crippen molar-refractivity contribution in [2.75, 3.05) is 39.3 Å². The lowest BCUT2D eigenvalue weighted by atomic mass is 9.93. The van der Waals surface area contributed by atoms with Crippen LogP contribution in [0.5, 0.6) is 0 Å². The number of carbonyl (C=O) groups excluding carboxylic acids is 1. The van der Waals surface area contributed by atoms with Crippen molar-refractivity contribution in [3.05, 3.63) is 35.9 Å². The molecule has 2 N–H and O–H groups in total. The molecule has 1 aromatic rings. The molecule has 5 nitrogen and oxygen atoms in total. The zero-order valence-corrected chi connectivity index (χ0v) is 14.2. The summed E-state index contributed by atoms with van der Waals surface area (Å²) in [7, 11) is 0. The summed E-state index contributed by atoms with van der Waals surface area (Å²) in [6, 6.07) is 10.1. The van der Waals surface area contributed by atoms with Crippen molar-refractivity contribution in [3.63, 3.8) is 0 Å². The summed E-state index contributed by atoms with van der Waals surface area (Å²) in [5.41, 5.74) is 1.16. The van der Waals surface area contributed by atoms with Crippen LogP contribution in [-0.2, 0) is 0 Å². The van der Waals surface area contributed by atoms with Gasteiger partial charge in [0.2, 0.25) is 0 Å². The molecule has 1 fully saturated rings. The van der Waals surface area contributed by atoms with Gasteiger partial charge in [0, 0.05) is 38.6 Å². The van der Waals surface area contributed by atoms with Gasteiger partial charge in [-0.3, -0.25) is 0 Å². The van der Waals surface area contributed by atoms with Crippen LogP contribution in [0.25, 0.3) is 0 Å². The molecule has 0 saturated carbocycles. The van der Waals surface area contributed by atoms with Crippen molar-refractivity contribution in [2.24, 2.45) is 0 Å². The molecule has 5 heteroatoms. The van der Waals surface area contributed by atoms with E-state index >= 15 is 0 Å². The molecule has 0 aromatic heterocycles. The van der Waals surface area contributed by atoms with Crippen LogP contribution >= 0.6 is 0 Å². The van der Waals surface area contributed by atoms with Crippen LogP contribution in [0.4, 0.5) is 4.79 Å². The number of urea groups is 1. The van der Waals surface area contributed by atoms with Gasteiger partial charge in [-0.2, -0.15) is 0 Å². The van der Waals surface area contributed by atoms with Gasteiger partial charge in [-0.1, -0.05) is 37.3 Å². The first kappa shape index (κ1) is 17.8. The Morgan fingerprint density at radius 2 is 1.87 bits per heavy atom. The Morgan fingerprint density at radius 1 is 1.22 bits per heavy atom. The molecular formula is C18H29N3O2. The lowest BCUT2D eigenvalue weighted by Crippen LogP contribution is -2.52. The Hall–Kier alpha value is -1.59. The molecule has 2 unspecified atom stereocenters. The van der Waals surface area contributed by atoms with Gasteiger partial charge in [-0.05, 0) is 25.5 Å². The van der Waals surface area contributed by atoms with Crippen molar-refractivity contribution in [2.45, 2.75) is 32.3 Å². The fourth-order valence-electron chi connectivity index (χ4n) is 3.06. The predicted octanol–water partition coefficient (Wildman–Crippen LogP) is 1.89. The maximum atomic E-state index is 12.3. The SMILES string of the molecule is CCN1CCN(C(=O)NCC(CC(C)O)c2ccccc2)CC1. The second kappa shape index (κ2) is 8.89. The van der Waals surface area contributed by atoms with Crippen LogP contribution in [0.2, 0.25) is 0 Å². The molecule has 1 heterocycles. The molecule has 2 rings (SSSR count). The quantitative estimate of drug-likeness (QED) is 0.842. The highest BCUT2D eigenvalue weighted by Gasteiger charge is 2.21. The van der Waals surface area contributed by atoms with E-state index in [1.165, 1.54) is 0 Å². The van der Waals surface area contributed by atoms with Gasteiger partial charge in [0.25, 0.3) is 0 Å². The van der Waals surface area contributed by atoms with E-state index in [0.717, 1.165) is 38.3 Å². The third kappa shape index (κ3) is 5.52. The smallest absolute Gasteiger partial charge is 0.317 e. The minimum atomic E-state index is -0.384. The van der Waals surface area contributed by atoms with Gasteiger partial charge in [-0.15, -0.1) is 0 Å². The monoisotopic (exact) mass is 319 g/mol. The molecule has 1 aliphatic rings. The van der Waals surface area contributed by atoms with E-state index < -0.39 is 0 Å². The topological polar surface area (TPSA) is 55.8 Å². The summed E-state index contributed by atoms with van der Waals surface area (Å²) < 4.78 is 0. The number of nitrogens with one attached hydrogen (secondary N) is 1. The molecular weight excluding hydrogens is 290 g/mol. The van der Waals surface area contributed by atoms with Crippen molar-refractivity contribution < 1.29 is 9.90 Å². The second-order valence-electron chi connectivity index (χ2n) is 6.30. The van der Waals surface area contributed by atoms with Gasteiger partial charge in [-0.25, -0.2) is 4.79 Å². The zero-order chi connectivity index (χ0) is 16.7. The zero-order valence-electron chi connectivity index (χ0n) is 14.2. The van der Waals surface area contributed by atoms with Gasteiger partial charge < -0.3 is 20.2 Å². The number of carbonyl (C=O) groups is 1. The largest absolute Gasteiger partial charge is 0.393 e. The summed E-state index contributed by atoms with van der Waals surface area (Å²) in [6.07, 6.45) is 0.263. The number of nitrogens with zero attached hydrogens (tertiary/aromatic N) is 2. The lowest BCUT2D eigenvalue weighted by Gasteiger charge is -2.34. The summed E-state index contributed by atoms with van der Waals surface area (Å²) in [5.74, 6) is 0.136. The first-order chi connectivity index (χ1) is 11.1. The van der Waals surface area contributed by atoms with E-state index in [0.29, 0.717) is 13.0 Å². The highest BCUT2D eigenvalue weighted by molar-refractivity contribution is 5.74. The molecule has 0 spiro atoms. The Labute approximate surface area is 139 Å². The summed E-state index contributed by atoms with van der Waals surface area (Å²) in [6.45, 7) is 9.00. The van der Waals surface area contributed by atoms with Gasteiger partial charge in [0.05, 0.1) is 6.10 Å². The van der Waals surface area contributed by atoms with Crippen LogP contribution < -0.4 is 5.32 Å². The molecule has 1 aliphatic heterocycles. The Morgan fingerprint density at radius 3 is 2.43 bits per heavy atom. The third-order valence-electron chi connectivity index (χ3n) is 4.50. The number of likely N-dealkylation sites (N-methyl/N-ethyl adjacent to an activating group) is 1. The van der Waals surface area contributed by atoms with Gasteiger partial charge >= 0.3 is 6.03 Å². The number of rotatable bonds is 6.